The van der Waals surface area contributed by atoms with E-state index in [1.807, 2.05) is 11.3 Å². The predicted octanol–water partition coefficient (Wildman–Crippen LogP) is 2.63. The normalized spacial score (nSPS) is 12.8. The lowest BCUT2D eigenvalue weighted by Gasteiger charge is -2.12. The molecule has 1 aromatic rings. The molecule has 0 aliphatic heterocycles. The molecule has 0 bridgehead atoms. The van der Waals surface area contributed by atoms with Crippen molar-refractivity contribution in [2.24, 2.45) is 0 Å². The summed E-state index contributed by atoms with van der Waals surface area (Å²) in [5, 5.41) is 3.53. The fraction of sp³-hybridized carbons (Fsp3) is 0.714. The van der Waals surface area contributed by atoms with Crippen LogP contribution in [-0.2, 0) is 15.9 Å². The van der Waals surface area contributed by atoms with E-state index in [-0.39, 0.29) is 0 Å². The zero-order valence-electron chi connectivity index (χ0n) is 11.7. The van der Waals surface area contributed by atoms with E-state index in [0.29, 0.717) is 19.3 Å². The number of hydrogen-bond donors (Lipinski definition) is 1. The number of ether oxygens (including phenoxy) is 2. The molecule has 4 heteroatoms. The highest BCUT2D eigenvalue weighted by atomic mass is 32.1. The van der Waals surface area contributed by atoms with E-state index in [2.05, 4.69) is 31.3 Å². The van der Waals surface area contributed by atoms with Gasteiger partial charge in [-0.25, -0.2) is 0 Å². The molecule has 0 saturated carbocycles. The van der Waals surface area contributed by atoms with Crippen molar-refractivity contribution in [3.05, 3.63) is 21.9 Å². The van der Waals surface area contributed by atoms with Crippen LogP contribution in [0.5, 0.6) is 0 Å². The average molecular weight is 271 g/mol. The van der Waals surface area contributed by atoms with Gasteiger partial charge in [-0.05, 0) is 45.4 Å². The van der Waals surface area contributed by atoms with Crippen LogP contribution in [0.15, 0.2) is 12.1 Å². The molecule has 0 fully saturated rings. The summed E-state index contributed by atoms with van der Waals surface area (Å²) in [5.41, 5.74) is 0. The first kappa shape index (κ1) is 15.6. The van der Waals surface area contributed by atoms with Crippen molar-refractivity contribution in [3.8, 4) is 0 Å². The SMILES string of the molecule is COCCOCCCNC(C)Cc1ccc(C)s1. The number of rotatable bonds is 10. The second kappa shape index (κ2) is 9.50. The van der Waals surface area contributed by atoms with Crippen molar-refractivity contribution in [2.45, 2.75) is 32.7 Å². The van der Waals surface area contributed by atoms with Gasteiger partial charge in [-0.2, -0.15) is 0 Å². The van der Waals surface area contributed by atoms with Crippen LogP contribution in [0.25, 0.3) is 0 Å². The summed E-state index contributed by atoms with van der Waals surface area (Å²) >= 11 is 1.89. The lowest BCUT2D eigenvalue weighted by atomic mass is 10.2. The third-order valence-electron chi connectivity index (χ3n) is 2.69. The highest BCUT2D eigenvalue weighted by Gasteiger charge is 2.04. The molecule has 1 rings (SSSR count). The van der Waals surface area contributed by atoms with Crippen LogP contribution in [-0.4, -0.2) is 39.5 Å². The van der Waals surface area contributed by atoms with Crippen molar-refractivity contribution in [1.29, 1.82) is 0 Å². The molecule has 0 aromatic carbocycles. The first-order valence-electron chi connectivity index (χ1n) is 6.57. The lowest BCUT2D eigenvalue weighted by Crippen LogP contribution is -2.29. The smallest absolute Gasteiger partial charge is 0.0700 e. The van der Waals surface area contributed by atoms with Gasteiger partial charge in [-0.1, -0.05) is 0 Å². The van der Waals surface area contributed by atoms with Gasteiger partial charge >= 0.3 is 0 Å². The molecule has 1 aromatic heterocycles. The average Bonchev–Trinajstić information content (AvgIpc) is 2.73. The molecule has 1 N–H and O–H groups in total. The Bertz CT molecular complexity index is 314. The molecule has 104 valence electrons. The summed E-state index contributed by atoms with van der Waals surface area (Å²) in [5.74, 6) is 0. The Morgan fingerprint density at radius 3 is 2.78 bits per heavy atom. The Morgan fingerprint density at radius 1 is 1.28 bits per heavy atom. The monoisotopic (exact) mass is 271 g/mol. The van der Waals surface area contributed by atoms with E-state index in [0.717, 1.165) is 26.0 Å². The molecule has 18 heavy (non-hydrogen) atoms. The molecule has 0 aliphatic rings. The van der Waals surface area contributed by atoms with Crippen molar-refractivity contribution in [1.82, 2.24) is 5.32 Å². The standard InChI is InChI=1S/C14H25NO2S/c1-12(11-14-6-5-13(2)18-14)15-7-4-8-17-10-9-16-3/h5-6,12,15H,4,7-11H2,1-3H3. The van der Waals surface area contributed by atoms with E-state index < -0.39 is 0 Å². The van der Waals surface area contributed by atoms with Crippen LogP contribution < -0.4 is 5.32 Å². The zero-order chi connectivity index (χ0) is 13.2. The predicted molar refractivity (Wildman–Crippen MR) is 77.5 cm³/mol. The van der Waals surface area contributed by atoms with Gasteiger partial charge in [0.05, 0.1) is 13.2 Å². The fourth-order valence-corrected chi connectivity index (χ4v) is 2.75. The first-order chi connectivity index (χ1) is 8.72. The Balaban J connectivity index is 1.98. The zero-order valence-corrected chi connectivity index (χ0v) is 12.5. The highest BCUT2D eigenvalue weighted by molar-refractivity contribution is 7.11. The van der Waals surface area contributed by atoms with Gasteiger partial charge < -0.3 is 14.8 Å². The Hall–Kier alpha value is -0.420. The van der Waals surface area contributed by atoms with Gasteiger partial charge in [0.25, 0.3) is 0 Å². The number of aryl methyl sites for hydroxylation is 1. The van der Waals surface area contributed by atoms with E-state index >= 15 is 0 Å². The second-order valence-electron chi connectivity index (χ2n) is 4.53. The minimum absolute atomic E-state index is 0.530. The topological polar surface area (TPSA) is 30.5 Å². The number of hydrogen-bond acceptors (Lipinski definition) is 4. The summed E-state index contributed by atoms with van der Waals surface area (Å²) in [6.45, 7) is 7.59. The molecule has 1 unspecified atom stereocenters. The summed E-state index contributed by atoms with van der Waals surface area (Å²) in [6, 6.07) is 4.95. The van der Waals surface area contributed by atoms with Crippen molar-refractivity contribution >= 4 is 11.3 Å². The third kappa shape index (κ3) is 7.11. The maximum atomic E-state index is 5.41. The molecule has 0 saturated heterocycles. The van der Waals surface area contributed by atoms with Crippen LogP contribution >= 0.6 is 11.3 Å². The molecule has 0 radical (unpaired) electrons. The van der Waals surface area contributed by atoms with Gasteiger partial charge in [-0.15, -0.1) is 11.3 Å². The van der Waals surface area contributed by atoms with E-state index in [9.17, 15) is 0 Å². The highest BCUT2D eigenvalue weighted by Crippen LogP contribution is 2.16. The molecule has 0 amide bonds. The molecule has 3 nitrogen and oxygen atoms in total. The van der Waals surface area contributed by atoms with Crippen LogP contribution in [0.3, 0.4) is 0 Å². The van der Waals surface area contributed by atoms with Crippen LogP contribution in [0.1, 0.15) is 23.1 Å². The van der Waals surface area contributed by atoms with Crippen LogP contribution in [0.4, 0.5) is 0 Å². The summed E-state index contributed by atoms with van der Waals surface area (Å²) < 4.78 is 10.3. The van der Waals surface area contributed by atoms with Gasteiger partial charge in [-0.3, -0.25) is 0 Å². The number of methoxy groups -OCH3 is 1. The van der Waals surface area contributed by atoms with Crippen LogP contribution in [0.2, 0.25) is 0 Å². The van der Waals surface area contributed by atoms with Crippen molar-refractivity contribution in [3.63, 3.8) is 0 Å². The minimum atomic E-state index is 0.530. The quantitative estimate of drug-likeness (QED) is 0.664. The first-order valence-corrected chi connectivity index (χ1v) is 7.39. The Morgan fingerprint density at radius 2 is 2.11 bits per heavy atom. The van der Waals surface area contributed by atoms with Gasteiger partial charge in [0.1, 0.15) is 0 Å². The van der Waals surface area contributed by atoms with Gasteiger partial charge in [0, 0.05) is 29.5 Å². The fourth-order valence-electron chi connectivity index (χ4n) is 1.74. The Kier molecular flexibility index (Phi) is 8.25. The largest absolute Gasteiger partial charge is 0.382 e. The number of thiophene rings is 1. The van der Waals surface area contributed by atoms with E-state index in [4.69, 9.17) is 9.47 Å². The summed E-state index contributed by atoms with van der Waals surface area (Å²) in [6.07, 6.45) is 2.17. The molecule has 1 atom stereocenters. The van der Waals surface area contributed by atoms with Crippen molar-refractivity contribution < 1.29 is 9.47 Å². The van der Waals surface area contributed by atoms with E-state index in [1.54, 1.807) is 7.11 Å². The molecular weight excluding hydrogens is 246 g/mol. The molecular formula is C14H25NO2S. The molecule has 1 heterocycles. The van der Waals surface area contributed by atoms with Crippen molar-refractivity contribution in [2.75, 3.05) is 33.5 Å². The summed E-state index contributed by atoms with van der Waals surface area (Å²) in [7, 11) is 1.69. The maximum absolute atomic E-state index is 5.41. The van der Waals surface area contributed by atoms with Crippen LogP contribution in [0, 0.1) is 6.92 Å². The number of nitrogens with one attached hydrogen (secondary N) is 1. The summed E-state index contributed by atoms with van der Waals surface area (Å²) in [4.78, 5) is 2.85. The minimum Gasteiger partial charge on any atom is -0.382 e. The third-order valence-corrected chi connectivity index (χ3v) is 3.72. The second-order valence-corrected chi connectivity index (χ2v) is 5.90. The molecule has 0 spiro atoms. The Labute approximate surface area is 114 Å². The maximum Gasteiger partial charge on any atom is 0.0700 e. The van der Waals surface area contributed by atoms with Gasteiger partial charge in [0.2, 0.25) is 0 Å². The van der Waals surface area contributed by atoms with Gasteiger partial charge in [0.15, 0.2) is 0 Å². The van der Waals surface area contributed by atoms with E-state index in [1.165, 1.54) is 9.75 Å². The lowest BCUT2D eigenvalue weighted by molar-refractivity contribution is 0.0693. The molecule has 0 aliphatic carbocycles.